The number of pyridine rings is 1. The number of anilines is 2. The Morgan fingerprint density at radius 3 is 2.88 bits per heavy atom. The van der Waals surface area contributed by atoms with Crippen LogP contribution in [0.25, 0.3) is 21.4 Å². The number of nitrogens with one attached hydrogen (secondary N) is 3. The van der Waals surface area contributed by atoms with Crippen LogP contribution in [0.4, 0.5) is 11.5 Å². The summed E-state index contributed by atoms with van der Waals surface area (Å²) in [5.74, 6) is 1.69. The molecule has 11 heteroatoms. The van der Waals surface area contributed by atoms with Gasteiger partial charge in [-0.1, -0.05) is 11.3 Å². The van der Waals surface area contributed by atoms with E-state index < -0.39 is 0 Å². The van der Waals surface area contributed by atoms with Gasteiger partial charge in [0.25, 0.3) is 0 Å². The molecule has 0 bridgehead atoms. The molecular formula is C22H22IN9S. The van der Waals surface area contributed by atoms with Crippen molar-refractivity contribution in [2.45, 2.75) is 19.4 Å². The van der Waals surface area contributed by atoms with Gasteiger partial charge in [-0.2, -0.15) is 0 Å². The van der Waals surface area contributed by atoms with Crippen LogP contribution >= 0.6 is 33.9 Å². The molecule has 5 aromatic rings. The van der Waals surface area contributed by atoms with Crippen molar-refractivity contribution in [1.29, 1.82) is 0 Å². The van der Waals surface area contributed by atoms with E-state index >= 15 is 0 Å². The molecule has 1 aromatic carbocycles. The Balaban J connectivity index is 1.15. The SMILES string of the molecule is Nc1cccnc1CNc1ncnc2sc(CCNCCc3nc4ccc(I)cc4[nH]3)nc12. The molecule has 9 nitrogen and oxygen atoms in total. The summed E-state index contributed by atoms with van der Waals surface area (Å²) in [7, 11) is 0. The smallest absolute Gasteiger partial charge is 0.157 e. The highest BCUT2D eigenvalue weighted by Crippen LogP contribution is 2.25. The number of fused-ring (bicyclic) bond motifs is 2. The number of imidazole rings is 1. The van der Waals surface area contributed by atoms with E-state index in [0.717, 1.165) is 63.8 Å². The molecule has 0 aliphatic rings. The standard InChI is InChI=1S/C22H22IN9S/c23-13-3-4-15-16(10-13)31-18(30-15)5-8-25-9-6-19-32-20-21(28-12-29-22(20)33-19)27-11-17-14(24)2-1-7-26-17/h1-4,7,10,12,25H,5-6,8-9,11,24H2,(H,30,31)(H,27,28,29). The maximum Gasteiger partial charge on any atom is 0.157 e. The van der Waals surface area contributed by atoms with Gasteiger partial charge < -0.3 is 21.4 Å². The summed E-state index contributed by atoms with van der Waals surface area (Å²) < 4.78 is 1.20. The number of hydrogen-bond donors (Lipinski definition) is 4. The number of H-pyrrole nitrogens is 1. The minimum Gasteiger partial charge on any atom is -0.397 e. The molecule has 168 valence electrons. The van der Waals surface area contributed by atoms with E-state index in [9.17, 15) is 0 Å². The van der Waals surface area contributed by atoms with Gasteiger partial charge in [-0.3, -0.25) is 4.98 Å². The molecular weight excluding hydrogens is 549 g/mol. The molecule has 0 saturated heterocycles. The van der Waals surface area contributed by atoms with Crippen molar-refractivity contribution in [2.75, 3.05) is 24.1 Å². The molecule has 0 unspecified atom stereocenters. The lowest BCUT2D eigenvalue weighted by Crippen LogP contribution is -2.20. The van der Waals surface area contributed by atoms with Crippen molar-refractivity contribution in [3.63, 3.8) is 0 Å². The first-order valence-electron chi connectivity index (χ1n) is 10.5. The van der Waals surface area contributed by atoms with Crippen molar-refractivity contribution < 1.29 is 0 Å². The molecule has 0 aliphatic heterocycles. The largest absolute Gasteiger partial charge is 0.397 e. The van der Waals surface area contributed by atoms with E-state index in [2.05, 4.69) is 76.3 Å². The van der Waals surface area contributed by atoms with Gasteiger partial charge in [-0.05, 0) is 52.9 Å². The number of aromatic nitrogens is 6. The van der Waals surface area contributed by atoms with Crippen LogP contribution in [0.15, 0.2) is 42.9 Å². The summed E-state index contributed by atoms with van der Waals surface area (Å²) in [6, 6.07) is 9.89. The number of rotatable bonds is 9. The van der Waals surface area contributed by atoms with Gasteiger partial charge in [0.2, 0.25) is 0 Å². The monoisotopic (exact) mass is 571 g/mol. The van der Waals surface area contributed by atoms with Crippen molar-refractivity contribution in [3.05, 3.63) is 63.0 Å². The van der Waals surface area contributed by atoms with Crippen molar-refractivity contribution >= 4 is 66.8 Å². The van der Waals surface area contributed by atoms with Crippen LogP contribution in [0.5, 0.6) is 0 Å². The van der Waals surface area contributed by atoms with E-state index in [4.69, 9.17) is 10.7 Å². The second-order valence-electron chi connectivity index (χ2n) is 7.47. The Bertz CT molecular complexity index is 1400. The van der Waals surface area contributed by atoms with Crippen molar-refractivity contribution in [1.82, 2.24) is 35.2 Å². The molecule has 0 amide bonds. The van der Waals surface area contributed by atoms with E-state index in [0.29, 0.717) is 18.1 Å². The Hall–Kier alpha value is -2.90. The minimum absolute atomic E-state index is 0.480. The summed E-state index contributed by atoms with van der Waals surface area (Å²) in [6.45, 7) is 2.16. The zero-order chi connectivity index (χ0) is 22.6. The van der Waals surface area contributed by atoms with E-state index in [1.54, 1.807) is 23.9 Å². The van der Waals surface area contributed by atoms with Crippen LogP contribution < -0.4 is 16.4 Å². The second-order valence-corrected chi connectivity index (χ2v) is 9.78. The number of nitrogens with two attached hydrogens (primary N) is 1. The molecule has 33 heavy (non-hydrogen) atoms. The topological polar surface area (TPSA) is 130 Å². The molecule has 5 N–H and O–H groups in total. The molecule has 0 radical (unpaired) electrons. The average molecular weight is 571 g/mol. The van der Waals surface area contributed by atoms with E-state index in [1.165, 1.54) is 3.57 Å². The third kappa shape index (κ3) is 5.20. The van der Waals surface area contributed by atoms with Gasteiger partial charge in [0.15, 0.2) is 5.82 Å². The molecule has 0 spiro atoms. The zero-order valence-corrected chi connectivity index (χ0v) is 20.7. The number of benzene rings is 1. The Morgan fingerprint density at radius 1 is 1.06 bits per heavy atom. The third-order valence-electron chi connectivity index (χ3n) is 5.14. The van der Waals surface area contributed by atoms with Gasteiger partial charge in [0.05, 0.1) is 34.0 Å². The first kappa shape index (κ1) is 21.9. The number of halogens is 1. The fourth-order valence-electron chi connectivity index (χ4n) is 3.48. The highest BCUT2D eigenvalue weighted by Gasteiger charge is 2.11. The van der Waals surface area contributed by atoms with Gasteiger partial charge in [0, 0.05) is 35.7 Å². The van der Waals surface area contributed by atoms with E-state index in [-0.39, 0.29) is 0 Å². The van der Waals surface area contributed by atoms with Gasteiger partial charge in [0.1, 0.15) is 22.5 Å². The summed E-state index contributed by atoms with van der Waals surface area (Å²) >= 11 is 3.91. The fourth-order valence-corrected chi connectivity index (χ4v) is 4.87. The summed E-state index contributed by atoms with van der Waals surface area (Å²) in [5, 5.41) is 7.80. The summed E-state index contributed by atoms with van der Waals surface area (Å²) in [4.78, 5) is 26.7. The molecule has 4 heterocycles. The lowest BCUT2D eigenvalue weighted by molar-refractivity contribution is 0.670. The van der Waals surface area contributed by atoms with Gasteiger partial charge in [-0.25, -0.2) is 19.9 Å². The maximum atomic E-state index is 5.98. The molecule has 0 atom stereocenters. The normalized spacial score (nSPS) is 11.4. The number of thiazole rings is 1. The number of nitrogens with zero attached hydrogens (tertiary/aromatic N) is 5. The number of hydrogen-bond acceptors (Lipinski definition) is 9. The summed E-state index contributed by atoms with van der Waals surface area (Å²) in [5.41, 5.74) is 10.3. The quantitative estimate of drug-likeness (QED) is 0.156. The Labute approximate surface area is 207 Å². The lowest BCUT2D eigenvalue weighted by Gasteiger charge is -2.07. The van der Waals surface area contributed by atoms with E-state index in [1.807, 2.05) is 12.1 Å². The van der Waals surface area contributed by atoms with Gasteiger partial charge in [-0.15, -0.1) is 0 Å². The maximum absolute atomic E-state index is 5.98. The van der Waals surface area contributed by atoms with Crippen LogP contribution in [0.2, 0.25) is 0 Å². The Kier molecular flexibility index (Phi) is 6.60. The molecule has 5 rings (SSSR count). The second kappa shape index (κ2) is 9.93. The molecule has 0 aliphatic carbocycles. The van der Waals surface area contributed by atoms with Crippen LogP contribution in [-0.4, -0.2) is 43.0 Å². The number of nitrogen functional groups attached to an aromatic ring is 1. The predicted octanol–water partition coefficient (Wildman–Crippen LogP) is 3.53. The molecule has 4 aromatic heterocycles. The highest BCUT2D eigenvalue weighted by molar-refractivity contribution is 14.1. The average Bonchev–Trinajstić information content (AvgIpc) is 3.41. The summed E-state index contributed by atoms with van der Waals surface area (Å²) in [6.07, 6.45) is 4.96. The molecule has 0 saturated carbocycles. The van der Waals surface area contributed by atoms with Crippen molar-refractivity contribution in [2.24, 2.45) is 0 Å². The minimum atomic E-state index is 0.480. The Morgan fingerprint density at radius 2 is 1.97 bits per heavy atom. The van der Waals surface area contributed by atoms with Crippen LogP contribution in [-0.2, 0) is 19.4 Å². The predicted molar refractivity (Wildman–Crippen MR) is 140 cm³/mol. The van der Waals surface area contributed by atoms with Crippen molar-refractivity contribution in [3.8, 4) is 0 Å². The third-order valence-corrected chi connectivity index (χ3v) is 6.83. The first-order valence-corrected chi connectivity index (χ1v) is 12.4. The zero-order valence-electron chi connectivity index (χ0n) is 17.7. The fraction of sp³-hybridized carbons (Fsp3) is 0.227. The molecule has 0 fully saturated rings. The van der Waals surface area contributed by atoms with Crippen LogP contribution in [0.3, 0.4) is 0 Å². The van der Waals surface area contributed by atoms with Crippen LogP contribution in [0, 0.1) is 3.57 Å². The first-order chi connectivity index (χ1) is 16.2. The highest BCUT2D eigenvalue weighted by atomic mass is 127. The van der Waals surface area contributed by atoms with Crippen LogP contribution in [0.1, 0.15) is 16.5 Å². The lowest BCUT2D eigenvalue weighted by atomic mass is 10.3. The van der Waals surface area contributed by atoms with Gasteiger partial charge >= 0.3 is 0 Å². The number of aromatic amines is 1.